The molecule has 1 aliphatic rings. The van der Waals surface area contributed by atoms with E-state index >= 15 is 0 Å². The third-order valence-electron chi connectivity index (χ3n) is 2.64. The second kappa shape index (κ2) is 3.81. The number of β-amino-alcohol motifs (C(OH)–C–C–N with tert-alkyl or cyclic N) is 1. The SMILES string of the molecule is OC1(c2c(F)ccc(Br)c2F)CCNC1. The molecule has 15 heavy (non-hydrogen) atoms. The maximum Gasteiger partial charge on any atom is 0.146 e. The van der Waals surface area contributed by atoms with Crippen LogP contribution < -0.4 is 5.32 Å². The predicted octanol–water partition coefficient (Wildman–Crippen LogP) is 1.91. The number of hydrogen-bond donors (Lipinski definition) is 2. The Morgan fingerprint density at radius 1 is 1.40 bits per heavy atom. The van der Waals surface area contributed by atoms with Crippen molar-refractivity contribution in [2.75, 3.05) is 13.1 Å². The summed E-state index contributed by atoms with van der Waals surface area (Å²) in [7, 11) is 0. The van der Waals surface area contributed by atoms with Crippen molar-refractivity contribution in [3.05, 3.63) is 33.8 Å². The topological polar surface area (TPSA) is 32.3 Å². The van der Waals surface area contributed by atoms with Crippen LogP contribution in [0.25, 0.3) is 0 Å². The summed E-state index contributed by atoms with van der Waals surface area (Å²) in [5.41, 5.74) is -1.68. The number of halogens is 3. The van der Waals surface area contributed by atoms with Gasteiger partial charge in [-0.3, -0.25) is 0 Å². The van der Waals surface area contributed by atoms with Gasteiger partial charge in [0.05, 0.1) is 10.0 Å². The molecule has 2 rings (SSSR count). The van der Waals surface area contributed by atoms with Gasteiger partial charge in [-0.25, -0.2) is 8.78 Å². The van der Waals surface area contributed by atoms with Gasteiger partial charge in [0.2, 0.25) is 0 Å². The maximum atomic E-state index is 13.7. The summed E-state index contributed by atoms with van der Waals surface area (Å²) in [6.45, 7) is 0.735. The molecular weight excluding hydrogens is 268 g/mol. The van der Waals surface area contributed by atoms with Crippen molar-refractivity contribution in [1.82, 2.24) is 5.32 Å². The molecule has 0 bridgehead atoms. The molecule has 1 atom stereocenters. The van der Waals surface area contributed by atoms with Gasteiger partial charge >= 0.3 is 0 Å². The molecule has 1 saturated heterocycles. The van der Waals surface area contributed by atoms with E-state index in [4.69, 9.17) is 0 Å². The van der Waals surface area contributed by atoms with Crippen molar-refractivity contribution >= 4 is 15.9 Å². The zero-order chi connectivity index (χ0) is 11.1. The molecule has 0 radical (unpaired) electrons. The standard InChI is InChI=1S/C10H10BrF2NO/c11-6-1-2-7(12)8(9(6)13)10(15)3-4-14-5-10/h1-2,14-15H,3-5H2. The molecule has 1 aromatic carbocycles. The lowest BCUT2D eigenvalue weighted by atomic mass is 9.92. The first kappa shape index (κ1) is 11.0. The summed E-state index contributed by atoms with van der Waals surface area (Å²) < 4.78 is 27.3. The van der Waals surface area contributed by atoms with Crippen LogP contribution in [0.2, 0.25) is 0 Å². The number of benzene rings is 1. The van der Waals surface area contributed by atoms with Gasteiger partial charge in [0.15, 0.2) is 0 Å². The van der Waals surface area contributed by atoms with Crippen molar-refractivity contribution in [1.29, 1.82) is 0 Å². The quantitative estimate of drug-likeness (QED) is 0.769. The van der Waals surface area contributed by atoms with Gasteiger partial charge in [-0.1, -0.05) is 0 Å². The molecule has 0 amide bonds. The van der Waals surface area contributed by atoms with Crippen molar-refractivity contribution in [2.45, 2.75) is 12.0 Å². The van der Waals surface area contributed by atoms with Crippen molar-refractivity contribution < 1.29 is 13.9 Å². The highest BCUT2D eigenvalue weighted by Crippen LogP contribution is 2.34. The molecule has 0 spiro atoms. The van der Waals surface area contributed by atoms with Gasteiger partial charge in [-0.05, 0) is 41.0 Å². The largest absolute Gasteiger partial charge is 0.384 e. The predicted molar refractivity (Wildman–Crippen MR) is 55.4 cm³/mol. The summed E-state index contributed by atoms with van der Waals surface area (Å²) in [5, 5.41) is 13.0. The van der Waals surface area contributed by atoms with Crippen LogP contribution >= 0.6 is 15.9 Å². The minimum absolute atomic E-state index is 0.166. The van der Waals surface area contributed by atoms with E-state index in [0.29, 0.717) is 13.0 Å². The van der Waals surface area contributed by atoms with E-state index in [0.717, 1.165) is 6.07 Å². The fourth-order valence-corrected chi connectivity index (χ4v) is 2.18. The van der Waals surface area contributed by atoms with Crippen LogP contribution in [-0.4, -0.2) is 18.2 Å². The van der Waals surface area contributed by atoms with Crippen LogP contribution in [0.1, 0.15) is 12.0 Å². The number of aliphatic hydroxyl groups is 1. The number of nitrogens with one attached hydrogen (secondary N) is 1. The zero-order valence-corrected chi connectivity index (χ0v) is 9.44. The van der Waals surface area contributed by atoms with Gasteiger partial charge in [0.1, 0.15) is 17.2 Å². The monoisotopic (exact) mass is 277 g/mol. The van der Waals surface area contributed by atoms with E-state index in [2.05, 4.69) is 21.2 Å². The van der Waals surface area contributed by atoms with E-state index in [-0.39, 0.29) is 16.6 Å². The summed E-state index contributed by atoms with van der Waals surface area (Å²) in [5.74, 6) is -1.43. The van der Waals surface area contributed by atoms with Crippen molar-refractivity contribution in [3.8, 4) is 0 Å². The Labute approximate surface area is 94.4 Å². The first-order valence-corrected chi connectivity index (χ1v) is 5.41. The molecule has 0 aromatic heterocycles. The molecule has 1 fully saturated rings. The molecule has 1 heterocycles. The van der Waals surface area contributed by atoms with Gasteiger partial charge in [-0.2, -0.15) is 0 Å². The minimum Gasteiger partial charge on any atom is -0.384 e. The van der Waals surface area contributed by atoms with E-state index in [1.807, 2.05) is 0 Å². The van der Waals surface area contributed by atoms with Gasteiger partial charge in [-0.15, -0.1) is 0 Å². The average Bonchev–Trinajstić information content (AvgIpc) is 2.60. The van der Waals surface area contributed by atoms with E-state index < -0.39 is 17.2 Å². The Kier molecular flexibility index (Phi) is 2.79. The number of rotatable bonds is 1. The van der Waals surface area contributed by atoms with E-state index in [9.17, 15) is 13.9 Å². The van der Waals surface area contributed by atoms with Crippen molar-refractivity contribution in [2.24, 2.45) is 0 Å². The summed E-state index contributed by atoms with van der Waals surface area (Å²) >= 11 is 2.98. The normalized spacial score (nSPS) is 25.9. The second-order valence-corrected chi connectivity index (χ2v) is 4.53. The highest BCUT2D eigenvalue weighted by molar-refractivity contribution is 9.10. The molecule has 2 N–H and O–H groups in total. The molecule has 82 valence electrons. The third kappa shape index (κ3) is 1.79. The molecule has 0 aliphatic carbocycles. The van der Waals surface area contributed by atoms with E-state index in [1.54, 1.807) is 0 Å². The summed E-state index contributed by atoms with van der Waals surface area (Å²) in [6.07, 6.45) is 0.317. The zero-order valence-electron chi connectivity index (χ0n) is 7.86. The Morgan fingerprint density at radius 3 is 2.73 bits per heavy atom. The first-order valence-electron chi connectivity index (χ1n) is 4.62. The summed E-state index contributed by atoms with van der Waals surface area (Å²) in [6, 6.07) is 2.44. The lowest BCUT2D eigenvalue weighted by Crippen LogP contribution is -2.31. The highest BCUT2D eigenvalue weighted by atomic mass is 79.9. The molecule has 2 nitrogen and oxygen atoms in total. The smallest absolute Gasteiger partial charge is 0.146 e. The van der Waals surface area contributed by atoms with Crippen LogP contribution in [0.5, 0.6) is 0 Å². The molecule has 1 aliphatic heterocycles. The molecule has 5 heteroatoms. The third-order valence-corrected chi connectivity index (χ3v) is 3.25. The van der Waals surface area contributed by atoms with Crippen LogP contribution in [-0.2, 0) is 5.60 Å². The van der Waals surface area contributed by atoms with Crippen LogP contribution in [0, 0.1) is 11.6 Å². The Balaban J connectivity index is 2.55. The van der Waals surface area contributed by atoms with Crippen LogP contribution in [0.15, 0.2) is 16.6 Å². The maximum absolute atomic E-state index is 13.7. The molecule has 1 unspecified atom stereocenters. The molecule has 1 aromatic rings. The fourth-order valence-electron chi connectivity index (χ4n) is 1.85. The lowest BCUT2D eigenvalue weighted by molar-refractivity contribution is 0.0507. The molecular formula is C10H10BrF2NO. The van der Waals surface area contributed by atoms with Crippen molar-refractivity contribution in [3.63, 3.8) is 0 Å². The lowest BCUT2D eigenvalue weighted by Gasteiger charge is -2.23. The fraction of sp³-hybridized carbons (Fsp3) is 0.400. The van der Waals surface area contributed by atoms with Gasteiger partial charge in [0, 0.05) is 6.54 Å². The van der Waals surface area contributed by atoms with Crippen LogP contribution in [0.3, 0.4) is 0 Å². The summed E-state index contributed by atoms with van der Waals surface area (Å²) in [4.78, 5) is 0. The average molecular weight is 278 g/mol. The Morgan fingerprint density at radius 2 is 2.13 bits per heavy atom. The minimum atomic E-state index is -1.43. The highest BCUT2D eigenvalue weighted by Gasteiger charge is 2.38. The Hall–Kier alpha value is -0.520. The first-order chi connectivity index (χ1) is 7.04. The number of hydrogen-bond acceptors (Lipinski definition) is 2. The second-order valence-electron chi connectivity index (χ2n) is 3.68. The Bertz CT molecular complexity index is 391. The van der Waals surface area contributed by atoms with Gasteiger partial charge < -0.3 is 10.4 Å². The van der Waals surface area contributed by atoms with E-state index in [1.165, 1.54) is 6.07 Å². The van der Waals surface area contributed by atoms with Crippen LogP contribution in [0.4, 0.5) is 8.78 Å². The van der Waals surface area contributed by atoms with Gasteiger partial charge in [0.25, 0.3) is 0 Å². The molecule has 0 saturated carbocycles.